The minimum atomic E-state index is -0.184. The highest BCUT2D eigenvalue weighted by molar-refractivity contribution is 5.92. The molecule has 2 amide bonds. The number of nitrogens with zero attached hydrogens (tertiary/aromatic N) is 2. The van der Waals surface area contributed by atoms with Crippen LogP contribution in [0.2, 0.25) is 0 Å². The standard InChI is InChI=1S/C18H26N4O3.2ClH/c1-13-4-5-16(20-10-13)21-18(24)14-3-2-7-22(11-14)17(23)9-15-12-25-8-6-19-15;;/h4-5,10,14-15,19H,2-3,6-9,11-12H2,1H3,(H,20,21,24);2*1H. The maximum absolute atomic E-state index is 12.5. The Balaban J connectivity index is 0.00000182. The Bertz CT molecular complexity index is 609. The van der Waals surface area contributed by atoms with Gasteiger partial charge in [0.25, 0.3) is 0 Å². The third-order valence-electron chi connectivity index (χ3n) is 4.73. The molecule has 2 aliphatic rings. The van der Waals surface area contributed by atoms with E-state index in [-0.39, 0.29) is 48.6 Å². The number of morpholine rings is 1. The molecule has 2 fully saturated rings. The molecule has 3 heterocycles. The van der Waals surface area contributed by atoms with E-state index in [4.69, 9.17) is 4.74 Å². The van der Waals surface area contributed by atoms with E-state index in [0.717, 1.165) is 31.5 Å². The Morgan fingerprint density at radius 3 is 2.85 bits per heavy atom. The van der Waals surface area contributed by atoms with Gasteiger partial charge in [0, 0.05) is 38.3 Å². The molecule has 2 saturated heterocycles. The molecule has 2 unspecified atom stereocenters. The molecule has 2 atom stereocenters. The normalized spacial score (nSPS) is 22.2. The van der Waals surface area contributed by atoms with Crippen LogP contribution in [0.25, 0.3) is 0 Å². The first-order valence-corrected chi connectivity index (χ1v) is 8.94. The number of amides is 2. The molecule has 2 N–H and O–H groups in total. The van der Waals surface area contributed by atoms with Crippen LogP contribution in [0.5, 0.6) is 0 Å². The quantitative estimate of drug-likeness (QED) is 0.778. The minimum absolute atomic E-state index is 0. The lowest BCUT2D eigenvalue weighted by Gasteiger charge is -2.33. The number of halogens is 2. The van der Waals surface area contributed by atoms with Gasteiger partial charge in [-0.3, -0.25) is 9.59 Å². The maximum Gasteiger partial charge on any atom is 0.230 e. The summed E-state index contributed by atoms with van der Waals surface area (Å²) in [6, 6.07) is 3.79. The fourth-order valence-corrected chi connectivity index (χ4v) is 3.28. The Hall–Kier alpha value is -1.41. The molecule has 0 aliphatic carbocycles. The zero-order valence-corrected chi connectivity index (χ0v) is 17.1. The number of nitrogens with one attached hydrogen (secondary N) is 2. The van der Waals surface area contributed by atoms with Crippen molar-refractivity contribution >= 4 is 42.4 Å². The largest absolute Gasteiger partial charge is 0.378 e. The summed E-state index contributed by atoms with van der Waals surface area (Å²) in [5.41, 5.74) is 1.05. The van der Waals surface area contributed by atoms with Crippen molar-refractivity contribution < 1.29 is 14.3 Å². The van der Waals surface area contributed by atoms with E-state index in [0.29, 0.717) is 32.0 Å². The fraction of sp³-hybridized carbons (Fsp3) is 0.611. The van der Waals surface area contributed by atoms with Crippen LogP contribution in [0.3, 0.4) is 0 Å². The van der Waals surface area contributed by atoms with Crippen LogP contribution in [0.1, 0.15) is 24.8 Å². The Morgan fingerprint density at radius 2 is 2.19 bits per heavy atom. The van der Waals surface area contributed by atoms with Crippen molar-refractivity contribution in [2.45, 2.75) is 32.2 Å². The Morgan fingerprint density at radius 1 is 1.37 bits per heavy atom. The first-order chi connectivity index (χ1) is 12.1. The lowest BCUT2D eigenvalue weighted by Crippen LogP contribution is -2.48. The summed E-state index contributed by atoms with van der Waals surface area (Å²) in [5.74, 6) is 0.404. The number of anilines is 1. The van der Waals surface area contributed by atoms with Gasteiger partial charge < -0.3 is 20.3 Å². The van der Waals surface area contributed by atoms with Crippen molar-refractivity contribution in [3.8, 4) is 0 Å². The average molecular weight is 419 g/mol. The predicted molar refractivity (Wildman–Crippen MR) is 109 cm³/mol. The van der Waals surface area contributed by atoms with Gasteiger partial charge in [-0.25, -0.2) is 4.98 Å². The summed E-state index contributed by atoms with van der Waals surface area (Å²) in [6.07, 6.45) is 3.80. The molecule has 0 aromatic carbocycles. The molecule has 0 saturated carbocycles. The number of carbonyl (C=O) groups is 2. The van der Waals surface area contributed by atoms with Gasteiger partial charge in [-0.1, -0.05) is 6.07 Å². The predicted octanol–water partition coefficient (Wildman–Crippen LogP) is 1.79. The smallest absolute Gasteiger partial charge is 0.230 e. The number of hydrogen-bond donors (Lipinski definition) is 2. The lowest BCUT2D eigenvalue weighted by atomic mass is 9.96. The first kappa shape index (κ1) is 23.6. The second kappa shape index (κ2) is 11.4. The van der Waals surface area contributed by atoms with Gasteiger partial charge in [0.1, 0.15) is 5.82 Å². The number of carbonyl (C=O) groups excluding carboxylic acids is 2. The van der Waals surface area contributed by atoms with Gasteiger partial charge >= 0.3 is 0 Å². The van der Waals surface area contributed by atoms with Crippen LogP contribution in [0.4, 0.5) is 5.82 Å². The number of pyridine rings is 1. The second-order valence-corrected chi connectivity index (χ2v) is 6.82. The van der Waals surface area contributed by atoms with Crippen LogP contribution < -0.4 is 10.6 Å². The van der Waals surface area contributed by atoms with E-state index in [1.807, 2.05) is 17.9 Å². The van der Waals surface area contributed by atoms with Gasteiger partial charge in [-0.2, -0.15) is 0 Å². The second-order valence-electron chi connectivity index (χ2n) is 6.82. The van der Waals surface area contributed by atoms with E-state index in [1.54, 1.807) is 12.3 Å². The number of aryl methyl sites for hydroxylation is 1. The third kappa shape index (κ3) is 6.92. The summed E-state index contributed by atoms with van der Waals surface area (Å²) in [5, 5.41) is 6.16. The zero-order chi connectivity index (χ0) is 17.6. The SMILES string of the molecule is Cc1ccc(NC(=O)C2CCCN(C(=O)CC3COCCN3)C2)nc1.Cl.Cl. The van der Waals surface area contributed by atoms with Crippen molar-refractivity contribution in [3.05, 3.63) is 23.9 Å². The Labute approximate surface area is 172 Å². The molecular formula is C18H28Cl2N4O3. The van der Waals surface area contributed by atoms with Crippen molar-refractivity contribution in [1.82, 2.24) is 15.2 Å². The molecule has 2 aliphatic heterocycles. The number of likely N-dealkylation sites (tertiary alicyclic amines) is 1. The van der Waals surface area contributed by atoms with E-state index < -0.39 is 0 Å². The summed E-state index contributed by atoms with van der Waals surface area (Å²) in [6.45, 7) is 5.21. The number of piperidine rings is 1. The number of rotatable bonds is 4. The summed E-state index contributed by atoms with van der Waals surface area (Å²) < 4.78 is 5.40. The van der Waals surface area contributed by atoms with E-state index in [2.05, 4.69) is 15.6 Å². The molecule has 0 radical (unpaired) electrons. The number of ether oxygens (including phenoxy) is 1. The van der Waals surface area contributed by atoms with Crippen molar-refractivity contribution in [3.63, 3.8) is 0 Å². The molecule has 0 bridgehead atoms. The van der Waals surface area contributed by atoms with Gasteiger partial charge in [0.05, 0.1) is 19.1 Å². The highest BCUT2D eigenvalue weighted by Gasteiger charge is 2.30. The summed E-state index contributed by atoms with van der Waals surface area (Å²) >= 11 is 0. The first-order valence-electron chi connectivity index (χ1n) is 8.94. The molecule has 3 rings (SSSR count). The topological polar surface area (TPSA) is 83.6 Å². The van der Waals surface area contributed by atoms with Crippen LogP contribution in [-0.2, 0) is 14.3 Å². The van der Waals surface area contributed by atoms with Crippen LogP contribution >= 0.6 is 24.8 Å². The van der Waals surface area contributed by atoms with Crippen LogP contribution in [0, 0.1) is 12.8 Å². The maximum atomic E-state index is 12.5. The van der Waals surface area contributed by atoms with Gasteiger partial charge in [0.15, 0.2) is 0 Å². The highest BCUT2D eigenvalue weighted by atomic mass is 35.5. The van der Waals surface area contributed by atoms with Crippen molar-refractivity contribution in [1.29, 1.82) is 0 Å². The number of hydrogen-bond acceptors (Lipinski definition) is 5. The van der Waals surface area contributed by atoms with Crippen molar-refractivity contribution in [2.75, 3.05) is 38.2 Å². The molecule has 9 heteroatoms. The van der Waals surface area contributed by atoms with Crippen LogP contribution in [0.15, 0.2) is 18.3 Å². The molecule has 1 aromatic heterocycles. The molecule has 152 valence electrons. The molecule has 7 nitrogen and oxygen atoms in total. The van der Waals surface area contributed by atoms with Gasteiger partial charge in [-0.05, 0) is 31.4 Å². The Kier molecular flexibility index (Phi) is 10.0. The molecule has 27 heavy (non-hydrogen) atoms. The summed E-state index contributed by atoms with van der Waals surface area (Å²) in [7, 11) is 0. The zero-order valence-electron chi connectivity index (χ0n) is 15.5. The van der Waals surface area contributed by atoms with E-state index in [9.17, 15) is 9.59 Å². The molecule has 1 aromatic rings. The van der Waals surface area contributed by atoms with Crippen molar-refractivity contribution in [2.24, 2.45) is 5.92 Å². The third-order valence-corrected chi connectivity index (χ3v) is 4.73. The van der Waals surface area contributed by atoms with Gasteiger partial charge in [0.2, 0.25) is 11.8 Å². The lowest BCUT2D eigenvalue weighted by molar-refractivity contribution is -0.135. The molecular weight excluding hydrogens is 391 g/mol. The minimum Gasteiger partial charge on any atom is -0.378 e. The summed E-state index contributed by atoms with van der Waals surface area (Å²) in [4.78, 5) is 31.0. The monoisotopic (exact) mass is 418 g/mol. The highest BCUT2D eigenvalue weighted by Crippen LogP contribution is 2.19. The molecule has 0 spiro atoms. The van der Waals surface area contributed by atoms with Gasteiger partial charge in [-0.15, -0.1) is 24.8 Å². The van der Waals surface area contributed by atoms with Crippen LogP contribution in [-0.4, -0.2) is 60.6 Å². The van der Waals surface area contributed by atoms with E-state index >= 15 is 0 Å². The average Bonchev–Trinajstić information content (AvgIpc) is 2.64. The fourth-order valence-electron chi connectivity index (χ4n) is 3.28. The van der Waals surface area contributed by atoms with E-state index in [1.165, 1.54) is 0 Å². The number of aromatic nitrogens is 1.